The van der Waals surface area contributed by atoms with Crippen molar-refractivity contribution in [2.75, 3.05) is 24.5 Å². The lowest BCUT2D eigenvalue weighted by atomic mass is 9.91. The Morgan fingerprint density at radius 1 is 1.06 bits per heavy atom. The number of hydrogen-bond acceptors (Lipinski definition) is 5. The fourth-order valence-corrected chi connectivity index (χ4v) is 4.81. The molecule has 0 saturated carbocycles. The van der Waals surface area contributed by atoms with Gasteiger partial charge in [-0.1, -0.05) is 0 Å². The first-order valence-corrected chi connectivity index (χ1v) is 11.4. The van der Waals surface area contributed by atoms with Gasteiger partial charge >= 0.3 is 12.1 Å². The summed E-state index contributed by atoms with van der Waals surface area (Å²) in [5.41, 5.74) is 0.889. The van der Waals surface area contributed by atoms with E-state index in [0.29, 0.717) is 56.0 Å². The molecule has 5 rings (SSSR count). The molecule has 1 aromatic heterocycles. The minimum absolute atomic E-state index is 0.0558. The van der Waals surface area contributed by atoms with Crippen LogP contribution in [0.15, 0.2) is 42.6 Å². The van der Waals surface area contributed by atoms with Gasteiger partial charge in [-0.3, -0.25) is 14.5 Å². The number of aromatic carboxylic acids is 1. The molecule has 188 valence electrons. The van der Waals surface area contributed by atoms with E-state index in [1.807, 2.05) is 0 Å². The number of amides is 1. The number of aromatic nitrogens is 2. The van der Waals surface area contributed by atoms with Crippen molar-refractivity contribution in [3.63, 3.8) is 0 Å². The number of piperidine rings is 1. The third kappa shape index (κ3) is 4.30. The second-order valence-corrected chi connectivity index (χ2v) is 9.15. The molecule has 1 spiro atoms. The summed E-state index contributed by atoms with van der Waals surface area (Å²) in [6.45, 7) is 1.87. The van der Waals surface area contributed by atoms with Gasteiger partial charge in [0.05, 0.1) is 17.8 Å². The van der Waals surface area contributed by atoms with Crippen LogP contribution in [0.3, 0.4) is 0 Å². The van der Waals surface area contributed by atoms with Gasteiger partial charge in [-0.05, 0) is 36.4 Å². The fraction of sp³-hybridized carbons (Fsp3) is 0.320. The third-order valence-electron chi connectivity index (χ3n) is 6.77. The van der Waals surface area contributed by atoms with Crippen LogP contribution in [-0.4, -0.2) is 57.1 Å². The largest absolute Gasteiger partial charge is 0.478 e. The van der Waals surface area contributed by atoms with Crippen LogP contribution in [0, 0.1) is 17.5 Å². The smallest absolute Gasteiger partial charge is 0.415 e. The van der Waals surface area contributed by atoms with Crippen molar-refractivity contribution >= 4 is 17.7 Å². The highest BCUT2D eigenvalue weighted by Gasteiger charge is 2.47. The summed E-state index contributed by atoms with van der Waals surface area (Å²) in [6, 6.07) is 8.15. The normalized spacial score (nSPS) is 17.6. The second-order valence-electron chi connectivity index (χ2n) is 9.15. The molecule has 11 heteroatoms. The number of carboxylic acids is 1. The minimum atomic E-state index is -1.52. The Balaban J connectivity index is 1.27. The molecule has 0 bridgehead atoms. The lowest BCUT2D eigenvalue weighted by molar-refractivity contribution is -0.00124. The Hall–Kier alpha value is -3.86. The first-order valence-electron chi connectivity index (χ1n) is 11.4. The number of aryl methyl sites for hydroxylation is 1. The van der Waals surface area contributed by atoms with E-state index < -0.39 is 35.1 Å². The molecule has 8 nitrogen and oxygen atoms in total. The van der Waals surface area contributed by atoms with Crippen molar-refractivity contribution in [3.05, 3.63) is 71.3 Å². The summed E-state index contributed by atoms with van der Waals surface area (Å²) in [4.78, 5) is 27.3. The summed E-state index contributed by atoms with van der Waals surface area (Å²) >= 11 is 0. The number of carbonyl (C=O) groups excluding carboxylic acids is 1. The molecule has 3 heterocycles. The van der Waals surface area contributed by atoms with Crippen LogP contribution >= 0.6 is 0 Å². The molecule has 2 fully saturated rings. The number of carbonyl (C=O) groups is 2. The second kappa shape index (κ2) is 8.98. The lowest BCUT2D eigenvalue weighted by Crippen LogP contribution is -2.46. The van der Waals surface area contributed by atoms with Crippen molar-refractivity contribution in [3.8, 4) is 11.1 Å². The average molecular weight is 500 g/mol. The number of benzene rings is 2. The van der Waals surface area contributed by atoms with Crippen LogP contribution in [0.1, 0.15) is 28.9 Å². The molecule has 0 unspecified atom stereocenters. The van der Waals surface area contributed by atoms with Crippen LogP contribution < -0.4 is 4.90 Å². The van der Waals surface area contributed by atoms with Gasteiger partial charge in [0.1, 0.15) is 5.60 Å². The standard InChI is InChI=1S/C25H23F3N4O4/c1-30-12-18(17-6-7-19(26)22(28)21(17)27)20(29-30)13-31-10-8-25(9-11-31)14-32(24(35)36-25)16-4-2-15(3-5-16)23(33)34/h2-7,12H,8-11,13-14H2,1H3,(H,33,34). The van der Waals surface area contributed by atoms with Crippen molar-refractivity contribution in [2.45, 2.75) is 25.0 Å². The monoisotopic (exact) mass is 500 g/mol. The Labute approximate surface area is 204 Å². The highest BCUT2D eigenvalue weighted by molar-refractivity contribution is 5.92. The van der Waals surface area contributed by atoms with Crippen LogP contribution in [0.2, 0.25) is 0 Å². The Kier molecular flexibility index (Phi) is 5.95. The lowest BCUT2D eigenvalue weighted by Gasteiger charge is -2.37. The number of carboxylic acid groups (broad SMARTS) is 1. The van der Waals surface area contributed by atoms with Gasteiger partial charge in [0, 0.05) is 62.5 Å². The van der Waals surface area contributed by atoms with E-state index in [9.17, 15) is 22.8 Å². The van der Waals surface area contributed by atoms with Crippen molar-refractivity contribution in [1.82, 2.24) is 14.7 Å². The number of rotatable bonds is 5. The number of likely N-dealkylation sites (tertiary alicyclic amines) is 1. The van der Waals surface area contributed by atoms with Crippen LogP contribution in [0.25, 0.3) is 11.1 Å². The molecule has 1 amide bonds. The summed E-state index contributed by atoms with van der Waals surface area (Å²) in [7, 11) is 1.67. The fourth-order valence-electron chi connectivity index (χ4n) is 4.81. The molecular formula is C25H23F3N4O4. The zero-order chi connectivity index (χ0) is 25.6. The van der Waals surface area contributed by atoms with E-state index in [2.05, 4.69) is 10.00 Å². The molecule has 2 saturated heterocycles. The van der Waals surface area contributed by atoms with Crippen molar-refractivity contribution < 1.29 is 32.6 Å². The maximum absolute atomic E-state index is 14.4. The molecule has 2 aliphatic heterocycles. The summed E-state index contributed by atoms with van der Waals surface area (Å²) < 4.78 is 48.9. The minimum Gasteiger partial charge on any atom is -0.478 e. The van der Waals surface area contributed by atoms with Gasteiger partial charge in [0.2, 0.25) is 0 Å². The molecule has 0 aliphatic carbocycles. The Bertz CT molecular complexity index is 1330. The number of ether oxygens (including phenoxy) is 1. The van der Waals surface area contributed by atoms with E-state index in [-0.39, 0.29) is 11.1 Å². The maximum atomic E-state index is 14.4. The Morgan fingerprint density at radius 2 is 1.75 bits per heavy atom. The molecule has 0 atom stereocenters. The van der Waals surface area contributed by atoms with Crippen LogP contribution in [0.5, 0.6) is 0 Å². The van der Waals surface area contributed by atoms with Gasteiger partial charge in [0.25, 0.3) is 0 Å². The van der Waals surface area contributed by atoms with Gasteiger partial charge in [0.15, 0.2) is 17.5 Å². The molecule has 3 aromatic rings. The summed E-state index contributed by atoms with van der Waals surface area (Å²) in [5.74, 6) is -5.07. The zero-order valence-corrected chi connectivity index (χ0v) is 19.4. The first-order chi connectivity index (χ1) is 17.2. The van der Waals surface area contributed by atoms with E-state index in [0.717, 1.165) is 6.07 Å². The first kappa shape index (κ1) is 23.9. The van der Waals surface area contributed by atoms with Crippen molar-refractivity contribution in [2.24, 2.45) is 7.05 Å². The number of halogens is 3. The van der Waals surface area contributed by atoms with Gasteiger partial charge in [-0.25, -0.2) is 22.8 Å². The topological polar surface area (TPSA) is 87.9 Å². The van der Waals surface area contributed by atoms with E-state index >= 15 is 0 Å². The van der Waals surface area contributed by atoms with E-state index in [4.69, 9.17) is 9.84 Å². The predicted molar refractivity (Wildman–Crippen MR) is 123 cm³/mol. The van der Waals surface area contributed by atoms with Crippen LogP contribution in [-0.2, 0) is 18.3 Å². The highest BCUT2D eigenvalue weighted by Crippen LogP contribution is 2.37. The van der Waals surface area contributed by atoms with Crippen LogP contribution in [0.4, 0.5) is 23.7 Å². The quantitative estimate of drug-likeness (QED) is 0.529. The molecule has 36 heavy (non-hydrogen) atoms. The van der Waals surface area contributed by atoms with Crippen molar-refractivity contribution in [1.29, 1.82) is 0 Å². The molecule has 0 radical (unpaired) electrons. The molecule has 2 aromatic carbocycles. The SMILES string of the molecule is Cn1cc(-c2ccc(F)c(F)c2F)c(CN2CCC3(CC2)CN(c2ccc(C(=O)O)cc2)C(=O)O3)n1. The average Bonchev–Trinajstić information content (AvgIpc) is 3.38. The summed E-state index contributed by atoms with van der Waals surface area (Å²) in [6.07, 6.45) is 2.21. The van der Waals surface area contributed by atoms with Gasteiger partial charge in [-0.15, -0.1) is 0 Å². The van der Waals surface area contributed by atoms with E-state index in [1.165, 1.54) is 27.8 Å². The molecule has 1 N–H and O–H groups in total. The highest BCUT2D eigenvalue weighted by atomic mass is 19.2. The number of anilines is 1. The zero-order valence-electron chi connectivity index (χ0n) is 19.4. The predicted octanol–water partition coefficient (Wildman–Crippen LogP) is 4.19. The number of hydrogen-bond donors (Lipinski definition) is 1. The van der Waals surface area contributed by atoms with E-state index in [1.54, 1.807) is 25.4 Å². The van der Waals surface area contributed by atoms with Gasteiger partial charge < -0.3 is 9.84 Å². The third-order valence-corrected chi connectivity index (χ3v) is 6.77. The molecule has 2 aliphatic rings. The van der Waals surface area contributed by atoms with Gasteiger partial charge in [-0.2, -0.15) is 5.10 Å². The number of nitrogens with zero attached hydrogens (tertiary/aromatic N) is 4. The summed E-state index contributed by atoms with van der Waals surface area (Å²) in [5, 5.41) is 13.5. The Morgan fingerprint density at radius 3 is 2.42 bits per heavy atom. The maximum Gasteiger partial charge on any atom is 0.415 e. The molecular weight excluding hydrogens is 477 g/mol.